The quantitative estimate of drug-likeness (QED) is 0.634. The van der Waals surface area contributed by atoms with E-state index in [1.807, 2.05) is 91.8 Å². The van der Waals surface area contributed by atoms with Gasteiger partial charge in [-0.25, -0.2) is 0 Å². The van der Waals surface area contributed by atoms with Crippen LogP contribution in [0, 0.1) is 0 Å². The molecule has 3 rings (SSSR count). The number of nitrogens with zero attached hydrogens (tertiary/aromatic N) is 1. The van der Waals surface area contributed by atoms with Crippen molar-refractivity contribution >= 4 is 17.5 Å². The third kappa shape index (κ3) is 5.45. The summed E-state index contributed by atoms with van der Waals surface area (Å²) in [7, 11) is 3.82. The van der Waals surface area contributed by atoms with Gasteiger partial charge < -0.3 is 4.90 Å². The summed E-state index contributed by atoms with van der Waals surface area (Å²) in [5, 5.41) is 0. The molecule has 148 valence electrons. The second-order valence-corrected chi connectivity index (χ2v) is 7.03. The minimum absolute atomic E-state index is 0.0913. The van der Waals surface area contributed by atoms with E-state index in [9.17, 15) is 9.59 Å². The van der Waals surface area contributed by atoms with Gasteiger partial charge in [0.2, 0.25) is 5.91 Å². The normalized spacial score (nSPS) is 10.4. The van der Waals surface area contributed by atoms with Crippen LogP contribution < -0.4 is 15.8 Å². The van der Waals surface area contributed by atoms with Gasteiger partial charge in [-0.2, -0.15) is 0 Å². The third-order valence-electron chi connectivity index (χ3n) is 4.73. The lowest BCUT2D eigenvalue weighted by Gasteiger charge is -2.18. The molecule has 29 heavy (non-hydrogen) atoms. The van der Waals surface area contributed by atoms with Crippen molar-refractivity contribution in [3.63, 3.8) is 0 Å². The molecule has 2 N–H and O–H groups in total. The van der Waals surface area contributed by atoms with Gasteiger partial charge in [0, 0.05) is 37.7 Å². The predicted octanol–water partition coefficient (Wildman–Crippen LogP) is 3.74. The van der Waals surface area contributed by atoms with Gasteiger partial charge in [0.05, 0.1) is 0 Å². The smallest absolute Gasteiger partial charge is 0.269 e. The Kier molecular flexibility index (Phi) is 6.63. The van der Waals surface area contributed by atoms with Crippen LogP contribution in [0.15, 0.2) is 84.9 Å². The predicted molar refractivity (Wildman–Crippen MR) is 116 cm³/mol. The number of carbonyl (C=O) groups excluding carboxylic acids is 2. The van der Waals surface area contributed by atoms with E-state index in [2.05, 4.69) is 10.9 Å². The van der Waals surface area contributed by atoms with Gasteiger partial charge in [-0.05, 0) is 29.3 Å². The molecule has 5 nitrogen and oxygen atoms in total. The lowest BCUT2D eigenvalue weighted by atomic mass is 9.88. The molecule has 0 saturated heterocycles. The number of amides is 2. The average Bonchev–Trinajstić information content (AvgIpc) is 2.77. The summed E-state index contributed by atoms with van der Waals surface area (Å²) in [6.45, 7) is 0. The molecule has 0 aliphatic carbocycles. The third-order valence-corrected chi connectivity index (χ3v) is 4.73. The molecule has 5 heteroatoms. The van der Waals surface area contributed by atoms with E-state index in [0.717, 1.165) is 16.8 Å². The highest BCUT2D eigenvalue weighted by Crippen LogP contribution is 2.27. The van der Waals surface area contributed by atoms with Crippen LogP contribution in [-0.2, 0) is 4.79 Å². The van der Waals surface area contributed by atoms with Crippen molar-refractivity contribution in [2.24, 2.45) is 0 Å². The van der Waals surface area contributed by atoms with Crippen LogP contribution in [0.4, 0.5) is 5.69 Å². The average molecular weight is 387 g/mol. The molecule has 0 unspecified atom stereocenters. The van der Waals surface area contributed by atoms with Gasteiger partial charge in [-0.1, -0.05) is 66.7 Å². The van der Waals surface area contributed by atoms with Crippen LogP contribution in [0.3, 0.4) is 0 Å². The standard InChI is InChI=1S/C24H25N3O2/c1-27(2)21-15-9-14-20(16-21)24(29)26-25-23(28)17-22(18-10-5-3-6-11-18)19-12-7-4-8-13-19/h3-16,22H,17H2,1-2H3,(H,25,28)(H,26,29). The molecule has 0 aromatic heterocycles. The van der Waals surface area contributed by atoms with Crippen LogP contribution in [0.5, 0.6) is 0 Å². The molecule has 0 atom stereocenters. The number of nitrogens with one attached hydrogen (secondary N) is 2. The monoisotopic (exact) mass is 387 g/mol. The second-order valence-electron chi connectivity index (χ2n) is 7.03. The molecule has 3 aromatic rings. The maximum atomic E-state index is 12.6. The van der Waals surface area contributed by atoms with Gasteiger partial charge in [-0.15, -0.1) is 0 Å². The number of rotatable bonds is 6. The van der Waals surface area contributed by atoms with Crippen molar-refractivity contribution in [3.8, 4) is 0 Å². The summed E-state index contributed by atoms with van der Waals surface area (Å²) in [5.74, 6) is -0.691. The van der Waals surface area contributed by atoms with Crippen molar-refractivity contribution in [2.75, 3.05) is 19.0 Å². The Balaban J connectivity index is 1.66. The van der Waals surface area contributed by atoms with Gasteiger partial charge in [0.15, 0.2) is 0 Å². The van der Waals surface area contributed by atoms with Crippen molar-refractivity contribution in [1.82, 2.24) is 10.9 Å². The summed E-state index contributed by atoms with van der Waals surface area (Å²) < 4.78 is 0. The van der Waals surface area contributed by atoms with E-state index in [4.69, 9.17) is 0 Å². The minimum atomic E-state index is -0.349. The minimum Gasteiger partial charge on any atom is -0.378 e. The highest BCUT2D eigenvalue weighted by Gasteiger charge is 2.18. The summed E-state index contributed by atoms with van der Waals surface area (Å²) in [6.07, 6.45) is 0.228. The van der Waals surface area contributed by atoms with E-state index in [-0.39, 0.29) is 24.2 Å². The van der Waals surface area contributed by atoms with Crippen LogP contribution >= 0.6 is 0 Å². The van der Waals surface area contributed by atoms with E-state index in [1.54, 1.807) is 12.1 Å². The fraction of sp³-hybridized carbons (Fsp3) is 0.167. The zero-order valence-electron chi connectivity index (χ0n) is 16.6. The van der Waals surface area contributed by atoms with Crippen LogP contribution in [0.1, 0.15) is 33.8 Å². The summed E-state index contributed by atoms with van der Waals surface area (Å²) in [5.41, 5.74) is 8.57. The van der Waals surface area contributed by atoms with Crippen LogP contribution in [0.25, 0.3) is 0 Å². The molecular weight excluding hydrogens is 362 g/mol. The van der Waals surface area contributed by atoms with E-state index in [1.165, 1.54) is 0 Å². The molecule has 0 radical (unpaired) electrons. The highest BCUT2D eigenvalue weighted by molar-refractivity contribution is 5.96. The van der Waals surface area contributed by atoms with Crippen LogP contribution in [-0.4, -0.2) is 25.9 Å². The van der Waals surface area contributed by atoms with Crippen molar-refractivity contribution < 1.29 is 9.59 Å². The Morgan fingerprint density at radius 3 is 1.93 bits per heavy atom. The van der Waals surface area contributed by atoms with Crippen molar-refractivity contribution in [1.29, 1.82) is 0 Å². The Bertz CT molecular complexity index is 917. The maximum Gasteiger partial charge on any atom is 0.269 e. The van der Waals surface area contributed by atoms with E-state index in [0.29, 0.717) is 5.56 Å². The summed E-state index contributed by atoms with van der Waals surface area (Å²) in [6, 6.07) is 27.0. The van der Waals surface area contributed by atoms with E-state index < -0.39 is 0 Å². The molecule has 2 amide bonds. The molecule has 0 aliphatic heterocycles. The first-order chi connectivity index (χ1) is 14.0. The molecule has 0 fully saturated rings. The van der Waals surface area contributed by atoms with Crippen molar-refractivity contribution in [2.45, 2.75) is 12.3 Å². The number of hydrogen-bond acceptors (Lipinski definition) is 3. The molecular formula is C24H25N3O2. The molecule has 0 spiro atoms. The van der Waals surface area contributed by atoms with Gasteiger partial charge in [0.25, 0.3) is 5.91 Å². The van der Waals surface area contributed by atoms with Gasteiger partial charge in [-0.3, -0.25) is 20.4 Å². The fourth-order valence-electron chi connectivity index (χ4n) is 3.16. The summed E-state index contributed by atoms with van der Waals surface area (Å²) in [4.78, 5) is 26.9. The number of benzene rings is 3. The second kappa shape index (κ2) is 9.55. The number of hydrazine groups is 1. The zero-order chi connectivity index (χ0) is 20.6. The molecule has 3 aromatic carbocycles. The lowest BCUT2D eigenvalue weighted by molar-refractivity contribution is -0.122. The number of carbonyl (C=O) groups is 2. The van der Waals surface area contributed by atoms with E-state index >= 15 is 0 Å². The first kappa shape index (κ1) is 20.1. The first-order valence-corrected chi connectivity index (χ1v) is 9.51. The molecule has 0 saturated carbocycles. The molecule has 0 bridgehead atoms. The van der Waals surface area contributed by atoms with Gasteiger partial charge >= 0.3 is 0 Å². The lowest BCUT2D eigenvalue weighted by Crippen LogP contribution is -2.42. The fourth-order valence-corrected chi connectivity index (χ4v) is 3.16. The SMILES string of the molecule is CN(C)c1cccc(C(=O)NNC(=O)CC(c2ccccc2)c2ccccc2)c1. The summed E-state index contributed by atoms with van der Waals surface area (Å²) >= 11 is 0. The number of hydrogen-bond donors (Lipinski definition) is 2. The molecule has 0 aliphatic rings. The van der Waals surface area contributed by atoms with Crippen molar-refractivity contribution in [3.05, 3.63) is 102 Å². The first-order valence-electron chi connectivity index (χ1n) is 9.51. The Hall–Kier alpha value is -3.60. The Morgan fingerprint density at radius 1 is 0.793 bits per heavy atom. The number of anilines is 1. The zero-order valence-corrected chi connectivity index (χ0v) is 16.6. The highest BCUT2D eigenvalue weighted by atomic mass is 16.2. The largest absolute Gasteiger partial charge is 0.378 e. The Labute approximate surface area is 171 Å². The van der Waals surface area contributed by atoms with Gasteiger partial charge in [0.1, 0.15) is 0 Å². The van der Waals surface area contributed by atoms with Crippen LogP contribution in [0.2, 0.25) is 0 Å². The Morgan fingerprint density at radius 2 is 1.38 bits per heavy atom. The topological polar surface area (TPSA) is 61.4 Å². The maximum absolute atomic E-state index is 12.6. The molecule has 0 heterocycles.